The van der Waals surface area contributed by atoms with Gasteiger partial charge < -0.3 is 9.84 Å². The third-order valence-corrected chi connectivity index (χ3v) is 4.24. The molecule has 6 heteroatoms. The summed E-state index contributed by atoms with van der Waals surface area (Å²) in [6.07, 6.45) is 0.00921. The molecule has 2 rings (SSSR count). The Morgan fingerprint density at radius 2 is 1.71 bits per heavy atom. The van der Waals surface area contributed by atoms with Crippen LogP contribution in [0.5, 0.6) is 5.75 Å². The maximum absolute atomic E-state index is 10.6. The molecule has 0 saturated carbocycles. The van der Waals surface area contributed by atoms with Crippen LogP contribution in [-0.4, -0.2) is 11.1 Å². The first-order chi connectivity index (χ1) is 9.95. The third-order valence-electron chi connectivity index (χ3n) is 2.75. The summed E-state index contributed by atoms with van der Waals surface area (Å²) in [6.45, 7) is 0.324. The van der Waals surface area contributed by atoms with E-state index >= 15 is 0 Å². The second-order valence-electron chi connectivity index (χ2n) is 4.37. The number of carboxylic acid groups (broad SMARTS) is 1. The van der Waals surface area contributed by atoms with Crippen LogP contribution in [0.2, 0.25) is 10.0 Å². The van der Waals surface area contributed by atoms with E-state index in [1.165, 1.54) is 0 Å². The Labute approximate surface area is 140 Å². The number of carbonyl (C=O) groups is 1. The number of ether oxygens (including phenoxy) is 1. The minimum absolute atomic E-state index is 0.00921. The molecule has 0 amide bonds. The largest absolute Gasteiger partial charge is 0.487 e. The first-order valence-electron chi connectivity index (χ1n) is 6.02. The summed E-state index contributed by atoms with van der Waals surface area (Å²) < 4.78 is 6.33. The number of halogens is 3. The molecule has 0 heterocycles. The molecule has 0 aliphatic carbocycles. The maximum atomic E-state index is 10.6. The van der Waals surface area contributed by atoms with Crippen molar-refractivity contribution < 1.29 is 14.6 Å². The van der Waals surface area contributed by atoms with Gasteiger partial charge in [0.25, 0.3) is 0 Å². The van der Waals surface area contributed by atoms with E-state index in [4.69, 9.17) is 33.0 Å². The van der Waals surface area contributed by atoms with Gasteiger partial charge in [-0.1, -0.05) is 47.5 Å². The smallest absolute Gasteiger partial charge is 0.307 e. The SMILES string of the molecule is O=C(O)Cc1ccc(COc2cc(Cl)c(Br)cc2Cl)cc1. The molecule has 110 valence electrons. The van der Waals surface area contributed by atoms with E-state index in [2.05, 4.69) is 15.9 Å². The highest BCUT2D eigenvalue weighted by molar-refractivity contribution is 9.10. The average Bonchev–Trinajstić information content (AvgIpc) is 2.42. The van der Waals surface area contributed by atoms with Crippen LogP contribution >= 0.6 is 39.1 Å². The molecule has 0 bridgehead atoms. The summed E-state index contributed by atoms with van der Waals surface area (Å²) in [5.74, 6) is -0.352. The van der Waals surface area contributed by atoms with Gasteiger partial charge in [-0.15, -0.1) is 0 Å². The highest BCUT2D eigenvalue weighted by Gasteiger charge is 2.07. The fourth-order valence-corrected chi connectivity index (χ4v) is 2.55. The molecule has 0 aromatic heterocycles. The monoisotopic (exact) mass is 388 g/mol. The Morgan fingerprint density at radius 1 is 1.10 bits per heavy atom. The molecular weight excluding hydrogens is 379 g/mol. The average molecular weight is 390 g/mol. The van der Waals surface area contributed by atoms with Crippen molar-refractivity contribution in [3.05, 3.63) is 62.0 Å². The molecule has 2 aromatic rings. The molecule has 2 aromatic carbocycles. The second-order valence-corrected chi connectivity index (χ2v) is 6.04. The lowest BCUT2D eigenvalue weighted by Gasteiger charge is -2.10. The van der Waals surface area contributed by atoms with Crippen LogP contribution < -0.4 is 4.74 Å². The molecule has 3 nitrogen and oxygen atoms in total. The van der Waals surface area contributed by atoms with Crippen molar-refractivity contribution in [2.24, 2.45) is 0 Å². The van der Waals surface area contributed by atoms with E-state index in [1.54, 1.807) is 24.3 Å². The molecule has 21 heavy (non-hydrogen) atoms. The number of benzene rings is 2. The van der Waals surface area contributed by atoms with Crippen LogP contribution in [0.3, 0.4) is 0 Å². The Balaban J connectivity index is 2.03. The fraction of sp³-hybridized carbons (Fsp3) is 0.133. The number of hydrogen-bond acceptors (Lipinski definition) is 2. The first kappa shape index (κ1) is 16.1. The lowest BCUT2D eigenvalue weighted by molar-refractivity contribution is -0.136. The van der Waals surface area contributed by atoms with E-state index in [9.17, 15) is 4.79 Å². The predicted molar refractivity (Wildman–Crippen MR) is 86.3 cm³/mol. The topological polar surface area (TPSA) is 46.5 Å². The minimum atomic E-state index is -0.852. The van der Waals surface area contributed by atoms with Gasteiger partial charge in [0.1, 0.15) is 12.4 Å². The van der Waals surface area contributed by atoms with Crippen LogP contribution in [0.25, 0.3) is 0 Å². The summed E-state index contributed by atoms with van der Waals surface area (Å²) in [5.41, 5.74) is 1.66. The van der Waals surface area contributed by atoms with E-state index in [-0.39, 0.29) is 6.42 Å². The Bertz CT molecular complexity index is 657. The van der Waals surface area contributed by atoms with Crippen LogP contribution in [0.15, 0.2) is 40.9 Å². The van der Waals surface area contributed by atoms with Crippen molar-refractivity contribution in [2.45, 2.75) is 13.0 Å². The zero-order valence-corrected chi connectivity index (χ0v) is 13.9. The molecule has 0 aliphatic rings. The zero-order valence-electron chi connectivity index (χ0n) is 10.8. The van der Waals surface area contributed by atoms with Gasteiger partial charge in [-0.3, -0.25) is 4.79 Å². The molecule has 0 spiro atoms. The standard InChI is InChI=1S/C15H11BrCl2O3/c16-11-6-13(18)14(7-12(11)17)21-8-10-3-1-9(2-4-10)5-15(19)20/h1-4,6-7H,5,8H2,(H,19,20). The Morgan fingerprint density at radius 3 is 2.33 bits per heavy atom. The van der Waals surface area contributed by atoms with Gasteiger partial charge in [-0.2, -0.15) is 0 Å². The molecule has 0 unspecified atom stereocenters. The summed E-state index contributed by atoms with van der Waals surface area (Å²) in [4.78, 5) is 10.6. The van der Waals surface area contributed by atoms with E-state index in [0.29, 0.717) is 26.9 Å². The van der Waals surface area contributed by atoms with Gasteiger partial charge >= 0.3 is 5.97 Å². The molecule has 0 radical (unpaired) electrons. The number of aliphatic carboxylic acids is 1. The predicted octanol–water partition coefficient (Wildman–Crippen LogP) is 4.96. The lowest BCUT2D eigenvalue weighted by atomic mass is 10.1. The highest BCUT2D eigenvalue weighted by Crippen LogP contribution is 2.34. The zero-order chi connectivity index (χ0) is 15.4. The third kappa shape index (κ3) is 4.63. The van der Waals surface area contributed by atoms with Crippen LogP contribution in [0, 0.1) is 0 Å². The maximum Gasteiger partial charge on any atom is 0.307 e. The Hall–Kier alpha value is -1.23. The van der Waals surface area contributed by atoms with Crippen molar-refractivity contribution in [2.75, 3.05) is 0 Å². The van der Waals surface area contributed by atoms with Gasteiger partial charge in [0.15, 0.2) is 0 Å². The highest BCUT2D eigenvalue weighted by atomic mass is 79.9. The minimum Gasteiger partial charge on any atom is -0.487 e. The molecule has 1 N–H and O–H groups in total. The fourth-order valence-electron chi connectivity index (χ4n) is 1.70. The number of hydrogen-bond donors (Lipinski definition) is 1. The van der Waals surface area contributed by atoms with E-state index in [0.717, 1.165) is 11.1 Å². The Kier molecular flexibility index (Phi) is 5.51. The van der Waals surface area contributed by atoms with Crippen molar-refractivity contribution in [3.8, 4) is 5.75 Å². The van der Waals surface area contributed by atoms with Crippen molar-refractivity contribution >= 4 is 45.1 Å². The van der Waals surface area contributed by atoms with Gasteiger partial charge in [-0.05, 0) is 33.1 Å². The molecule has 0 aliphatic heterocycles. The second kappa shape index (κ2) is 7.16. The van der Waals surface area contributed by atoms with Crippen molar-refractivity contribution in [1.82, 2.24) is 0 Å². The van der Waals surface area contributed by atoms with Crippen molar-refractivity contribution in [3.63, 3.8) is 0 Å². The number of rotatable bonds is 5. The normalized spacial score (nSPS) is 10.4. The van der Waals surface area contributed by atoms with E-state index in [1.807, 2.05) is 12.1 Å². The molecule has 0 fully saturated rings. The summed E-state index contributed by atoms with van der Waals surface area (Å²) in [5, 5.41) is 9.70. The molecular formula is C15H11BrCl2O3. The summed E-state index contributed by atoms with van der Waals surface area (Å²) in [7, 11) is 0. The summed E-state index contributed by atoms with van der Waals surface area (Å²) in [6, 6.07) is 10.5. The van der Waals surface area contributed by atoms with Crippen LogP contribution in [0.1, 0.15) is 11.1 Å². The number of carboxylic acids is 1. The van der Waals surface area contributed by atoms with Gasteiger partial charge in [0.05, 0.1) is 16.5 Å². The van der Waals surface area contributed by atoms with Gasteiger partial charge in [0, 0.05) is 10.5 Å². The van der Waals surface area contributed by atoms with Crippen LogP contribution in [-0.2, 0) is 17.8 Å². The summed E-state index contributed by atoms with van der Waals surface area (Å²) >= 11 is 15.4. The molecule has 0 atom stereocenters. The van der Waals surface area contributed by atoms with E-state index < -0.39 is 5.97 Å². The van der Waals surface area contributed by atoms with Crippen molar-refractivity contribution in [1.29, 1.82) is 0 Å². The lowest BCUT2D eigenvalue weighted by Crippen LogP contribution is -2.01. The van der Waals surface area contributed by atoms with Gasteiger partial charge in [0.2, 0.25) is 0 Å². The quantitative estimate of drug-likeness (QED) is 0.735. The molecule has 0 saturated heterocycles. The van der Waals surface area contributed by atoms with Crippen LogP contribution in [0.4, 0.5) is 0 Å². The van der Waals surface area contributed by atoms with Gasteiger partial charge in [-0.25, -0.2) is 0 Å². The first-order valence-corrected chi connectivity index (χ1v) is 7.57.